The van der Waals surface area contributed by atoms with Crippen molar-refractivity contribution in [1.82, 2.24) is 13.8 Å². The average molecular weight is 502 g/mol. The number of aromatic nitrogens is 1. The zero-order valence-corrected chi connectivity index (χ0v) is 20.7. The molecule has 1 saturated heterocycles. The number of sulfonamides is 1. The number of rotatable bonds is 5. The Morgan fingerprint density at radius 3 is 2.46 bits per heavy atom. The molecule has 2 aliphatic rings. The minimum absolute atomic E-state index is 0.000161. The average Bonchev–Trinajstić information content (AvgIpc) is 3.13. The molecule has 1 amide bonds. The fraction of sp³-hybridized carbons (Fsp3) is 0.400. The van der Waals surface area contributed by atoms with Crippen LogP contribution in [0.25, 0.3) is 10.9 Å². The fourth-order valence-electron chi connectivity index (χ4n) is 5.60. The quantitative estimate of drug-likeness (QED) is 0.580. The lowest BCUT2D eigenvalue weighted by Gasteiger charge is -2.55. The first-order valence-corrected chi connectivity index (χ1v) is 13.1. The number of ether oxygens (including phenoxy) is 1. The summed E-state index contributed by atoms with van der Waals surface area (Å²) in [5.74, 6) is -0.110. The maximum absolute atomic E-state index is 13.6. The third kappa shape index (κ3) is 3.54. The van der Waals surface area contributed by atoms with Crippen LogP contribution in [0.15, 0.2) is 42.5 Å². The van der Waals surface area contributed by atoms with Crippen molar-refractivity contribution in [3.05, 3.63) is 65.1 Å². The highest BCUT2D eigenvalue weighted by atomic mass is 32.2. The highest BCUT2D eigenvalue weighted by molar-refractivity contribution is 7.89. The van der Waals surface area contributed by atoms with Crippen LogP contribution in [0, 0.1) is 5.82 Å². The maximum atomic E-state index is 13.6. The minimum atomic E-state index is -3.40. The van der Waals surface area contributed by atoms with E-state index >= 15 is 0 Å². The number of nitrogens with zero attached hydrogens (tertiary/aromatic N) is 3. The van der Waals surface area contributed by atoms with Crippen molar-refractivity contribution in [3.8, 4) is 5.75 Å². The molecule has 3 heterocycles. The van der Waals surface area contributed by atoms with Gasteiger partial charge in [-0.25, -0.2) is 12.8 Å². The maximum Gasteiger partial charge on any atom is 0.254 e. The SMILES string of the molecule is CCS(=O)(=O)N1CC2(CN(C(=O)c3ccc(F)cc3)[C@H](CO)c3c2c2ccc(OC)cc2n3C)C1. The number of benzene rings is 2. The summed E-state index contributed by atoms with van der Waals surface area (Å²) in [6.45, 7) is 2.03. The number of fused-ring (bicyclic) bond motifs is 4. The van der Waals surface area contributed by atoms with Crippen LogP contribution in [0.5, 0.6) is 5.75 Å². The zero-order valence-electron chi connectivity index (χ0n) is 19.9. The van der Waals surface area contributed by atoms with Gasteiger partial charge in [-0.15, -0.1) is 0 Å². The number of methoxy groups -OCH3 is 1. The first-order valence-electron chi connectivity index (χ1n) is 11.5. The Morgan fingerprint density at radius 2 is 1.86 bits per heavy atom. The monoisotopic (exact) mass is 501 g/mol. The number of hydrogen-bond donors (Lipinski definition) is 1. The van der Waals surface area contributed by atoms with E-state index in [0.29, 0.717) is 11.3 Å². The number of halogens is 1. The Labute approximate surface area is 203 Å². The van der Waals surface area contributed by atoms with Gasteiger partial charge in [0.2, 0.25) is 10.0 Å². The van der Waals surface area contributed by atoms with Crippen LogP contribution in [0.3, 0.4) is 0 Å². The van der Waals surface area contributed by atoms with Crippen molar-refractivity contribution in [3.63, 3.8) is 0 Å². The van der Waals surface area contributed by atoms with Crippen LogP contribution < -0.4 is 4.74 Å². The molecule has 1 aromatic heterocycles. The highest BCUT2D eigenvalue weighted by Gasteiger charge is 2.56. The van der Waals surface area contributed by atoms with Gasteiger partial charge in [0.1, 0.15) is 11.6 Å². The van der Waals surface area contributed by atoms with Crippen molar-refractivity contribution < 1.29 is 27.4 Å². The van der Waals surface area contributed by atoms with E-state index in [-0.39, 0.29) is 37.9 Å². The van der Waals surface area contributed by atoms with E-state index in [9.17, 15) is 22.7 Å². The van der Waals surface area contributed by atoms with Gasteiger partial charge in [0.25, 0.3) is 5.91 Å². The number of carbonyl (C=O) groups excluding carboxylic acids is 1. The molecule has 1 spiro atoms. The summed E-state index contributed by atoms with van der Waals surface area (Å²) in [4.78, 5) is 15.2. The van der Waals surface area contributed by atoms with Gasteiger partial charge < -0.3 is 19.3 Å². The molecule has 1 N–H and O–H groups in total. The molecule has 0 saturated carbocycles. The second-order valence-electron chi connectivity index (χ2n) is 9.29. The molecule has 5 rings (SSSR count). The van der Waals surface area contributed by atoms with Crippen LogP contribution in [0.2, 0.25) is 0 Å². The minimum Gasteiger partial charge on any atom is -0.497 e. The van der Waals surface area contributed by atoms with Gasteiger partial charge in [0.15, 0.2) is 0 Å². The number of hydrogen-bond acceptors (Lipinski definition) is 5. The van der Waals surface area contributed by atoms with Gasteiger partial charge in [-0.3, -0.25) is 4.79 Å². The van der Waals surface area contributed by atoms with Gasteiger partial charge in [-0.1, -0.05) is 0 Å². The molecule has 2 aliphatic heterocycles. The molecule has 1 fully saturated rings. The van der Waals surface area contributed by atoms with E-state index in [4.69, 9.17) is 4.74 Å². The molecule has 0 unspecified atom stereocenters. The van der Waals surface area contributed by atoms with E-state index in [0.717, 1.165) is 22.2 Å². The smallest absolute Gasteiger partial charge is 0.254 e. The van der Waals surface area contributed by atoms with Crippen molar-refractivity contribution >= 4 is 26.8 Å². The van der Waals surface area contributed by atoms with Crippen LogP contribution >= 0.6 is 0 Å². The third-order valence-corrected chi connectivity index (χ3v) is 9.16. The predicted molar refractivity (Wildman–Crippen MR) is 129 cm³/mol. The molecular weight excluding hydrogens is 473 g/mol. The lowest BCUT2D eigenvalue weighted by molar-refractivity contribution is 0.0238. The highest BCUT2D eigenvalue weighted by Crippen LogP contribution is 2.50. The molecular formula is C25H28FN3O5S. The summed E-state index contributed by atoms with van der Waals surface area (Å²) in [5, 5.41) is 11.4. The van der Waals surface area contributed by atoms with Crippen LogP contribution in [-0.2, 0) is 22.5 Å². The Hall–Kier alpha value is -2.95. The second-order valence-corrected chi connectivity index (χ2v) is 11.5. The summed E-state index contributed by atoms with van der Waals surface area (Å²) in [5.41, 5.74) is 2.28. The van der Waals surface area contributed by atoms with Gasteiger partial charge in [0, 0.05) is 54.8 Å². The van der Waals surface area contributed by atoms with E-state index in [1.54, 1.807) is 18.9 Å². The Balaban J connectivity index is 1.69. The number of aryl methyl sites for hydroxylation is 1. The third-order valence-electron chi connectivity index (χ3n) is 7.39. The molecule has 1 atom stereocenters. The molecule has 2 aromatic carbocycles. The number of carbonyl (C=O) groups is 1. The number of aliphatic hydroxyl groups is 1. The lowest BCUT2D eigenvalue weighted by Crippen LogP contribution is -2.68. The zero-order chi connectivity index (χ0) is 25.1. The second kappa shape index (κ2) is 8.32. The summed E-state index contributed by atoms with van der Waals surface area (Å²) < 4.78 is 47.5. The standard InChI is InChI=1S/C25H28FN3O5S/c1-4-35(32,33)28-13-25(14-28)15-29(24(31)16-5-7-17(26)8-6-16)21(12-30)23-22(25)19-10-9-18(34-3)11-20(19)27(23)2/h5-11,21,30H,4,12-15H2,1-3H3/t21-/m1/s1. The summed E-state index contributed by atoms with van der Waals surface area (Å²) in [7, 11) is 0.0667. The lowest BCUT2D eigenvalue weighted by atomic mass is 9.69. The number of aliphatic hydroxyl groups excluding tert-OH is 1. The van der Waals surface area contributed by atoms with Gasteiger partial charge in [-0.2, -0.15) is 4.31 Å². The molecule has 186 valence electrons. The Morgan fingerprint density at radius 1 is 1.17 bits per heavy atom. The largest absolute Gasteiger partial charge is 0.497 e. The van der Waals surface area contributed by atoms with E-state index in [1.807, 2.05) is 29.8 Å². The molecule has 10 heteroatoms. The van der Waals surface area contributed by atoms with Crippen LogP contribution in [0.4, 0.5) is 4.39 Å². The summed E-state index contributed by atoms with van der Waals surface area (Å²) >= 11 is 0. The topological polar surface area (TPSA) is 92.1 Å². The van der Waals surface area contributed by atoms with Crippen LogP contribution in [0.1, 0.15) is 34.6 Å². The van der Waals surface area contributed by atoms with Crippen molar-refractivity contribution in [2.75, 3.05) is 39.1 Å². The van der Waals surface area contributed by atoms with Gasteiger partial charge >= 0.3 is 0 Å². The normalized spacial score (nSPS) is 19.6. The summed E-state index contributed by atoms with van der Waals surface area (Å²) in [6, 6.07) is 10.4. The summed E-state index contributed by atoms with van der Waals surface area (Å²) in [6.07, 6.45) is 0. The first-order chi connectivity index (χ1) is 16.7. The van der Waals surface area contributed by atoms with Crippen molar-refractivity contribution in [2.45, 2.75) is 18.4 Å². The molecule has 35 heavy (non-hydrogen) atoms. The first kappa shape index (κ1) is 23.8. The van der Waals surface area contributed by atoms with E-state index in [1.165, 1.54) is 28.6 Å². The van der Waals surface area contributed by atoms with Crippen LogP contribution in [-0.4, -0.2) is 72.3 Å². The predicted octanol–water partition coefficient (Wildman–Crippen LogP) is 2.42. The van der Waals surface area contributed by atoms with Gasteiger partial charge in [-0.05, 0) is 48.9 Å². The fourth-order valence-corrected chi connectivity index (χ4v) is 6.85. The van der Waals surface area contributed by atoms with Crippen molar-refractivity contribution in [2.24, 2.45) is 7.05 Å². The van der Waals surface area contributed by atoms with Gasteiger partial charge in [0.05, 0.1) is 31.0 Å². The number of amides is 1. The molecule has 0 aliphatic carbocycles. The van der Waals surface area contributed by atoms with E-state index in [2.05, 4.69) is 0 Å². The molecule has 0 radical (unpaired) electrons. The molecule has 3 aromatic rings. The van der Waals surface area contributed by atoms with E-state index < -0.39 is 27.3 Å². The molecule has 8 nitrogen and oxygen atoms in total. The molecule has 0 bridgehead atoms. The Kier molecular flexibility index (Phi) is 5.65. The Bertz CT molecular complexity index is 1410. The van der Waals surface area contributed by atoms with Crippen molar-refractivity contribution in [1.29, 1.82) is 0 Å².